The van der Waals surface area contributed by atoms with Crippen LogP contribution in [0.5, 0.6) is 5.75 Å². The second kappa shape index (κ2) is 5.35. The molecule has 1 aliphatic rings. The molecule has 0 spiro atoms. The summed E-state index contributed by atoms with van der Waals surface area (Å²) in [7, 11) is 0. The Bertz CT molecular complexity index is 403. The lowest BCUT2D eigenvalue weighted by molar-refractivity contribution is 0.101. The first-order valence-electron chi connectivity index (χ1n) is 6.41. The molecule has 1 aromatic carbocycles. The molecule has 0 radical (unpaired) electrons. The van der Waals surface area contributed by atoms with Crippen molar-refractivity contribution in [1.29, 1.82) is 0 Å². The van der Waals surface area contributed by atoms with Gasteiger partial charge in [-0.2, -0.15) is 0 Å². The average Bonchev–Trinajstić information content (AvgIpc) is 2.80. The third-order valence-electron chi connectivity index (χ3n) is 3.53. The first kappa shape index (κ1) is 12.2. The molecular formula is C15H20O2. The number of hydrogen-bond acceptors (Lipinski definition) is 2. The minimum atomic E-state index is 0.107. The molecule has 0 amide bonds. The number of carbonyl (C=O) groups excluding carboxylic acids is 1. The predicted molar refractivity (Wildman–Crippen MR) is 68.6 cm³/mol. The van der Waals surface area contributed by atoms with E-state index in [2.05, 4.69) is 0 Å². The van der Waals surface area contributed by atoms with Crippen LogP contribution in [0.4, 0.5) is 0 Å². The molecule has 0 heterocycles. The maximum absolute atomic E-state index is 11.2. The minimum Gasteiger partial charge on any atom is -0.493 e. The van der Waals surface area contributed by atoms with E-state index in [1.165, 1.54) is 25.7 Å². The van der Waals surface area contributed by atoms with Crippen molar-refractivity contribution in [2.45, 2.75) is 39.5 Å². The van der Waals surface area contributed by atoms with Gasteiger partial charge in [-0.1, -0.05) is 12.8 Å². The highest BCUT2D eigenvalue weighted by molar-refractivity contribution is 5.94. The third kappa shape index (κ3) is 3.09. The lowest BCUT2D eigenvalue weighted by atomic mass is 10.1. The summed E-state index contributed by atoms with van der Waals surface area (Å²) in [4.78, 5) is 11.2. The molecule has 1 fully saturated rings. The number of carbonyl (C=O) groups is 1. The van der Waals surface area contributed by atoms with Gasteiger partial charge in [0.2, 0.25) is 0 Å². The van der Waals surface area contributed by atoms with Gasteiger partial charge in [-0.05, 0) is 56.4 Å². The topological polar surface area (TPSA) is 26.3 Å². The predicted octanol–water partition coefficient (Wildman–Crippen LogP) is 3.77. The van der Waals surface area contributed by atoms with Gasteiger partial charge < -0.3 is 4.74 Å². The maximum Gasteiger partial charge on any atom is 0.159 e. The summed E-state index contributed by atoms with van der Waals surface area (Å²) in [5, 5.41) is 0. The fourth-order valence-electron chi connectivity index (χ4n) is 2.42. The van der Waals surface area contributed by atoms with Crippen LogP contribution in [0.3, 0.4) is 0 Å². The van der Waals surface area contributed by atoms with Gasteiger partial charge in [-0.3, -0.25) is 4.79 Å². The van der Waals surface area contributed by atoms with Crippen molar-refractivity contribution >= 4 is 5.78 Å². The van der Waals surface area contributed by atoms with E-state index in [9.17, 15) is 4.79 Å². The van der Waals surface area contributed by atoms with Crippen LogP contribution in [-0.4, -0.2) is 12.4 Å². The number of rotatable bonds is 4. The molecule has 2 rings (SSSR count). The van der Waals surface area contributed by atoms with Crippen LogP contribution in [0, 0.1) is 12.8 Å². The molecule has 0 saturated heterocycles. The zero-order valence-corrected chi connectivity index (χ0v) is 10.7. The minimum absolute atomic E-state index is 0.107. The van der Waals surface area contributed by atoms with Crippen molar-refractivity contribution in [3.8, 4) is 5.75 Å². The number of hydrogen-bond donors (Lipinski definition) is 0. The second-order valence-corrected chi connectivity index (χ2v) is 5.00. The molecule has 2 nitrogen and oxygen atoms in total. The molecule has 17 heavy (non-hydrogen) atoms. The van der Waals surface area contributed by atoms with E-state index in [4.69, 9.17) is 4.74 Å². The van der Waals surface area contributed by atoms with Crippen molar-refractivity contribution in [2.75, 3.05) is 6.61 Å². The van der Waals surface area contributed by atoms with Crippen molar-refractivity contribution in [3.63, 3.8) is 0 Å². The number of aryl methyl sites for hydroxylation is 1. The van der Waals surface area contributed by atoms with Gasteiger partial charge in [0.25, 0.3) is 0 Å². The molecule has 0 bridgehead atoms. The van der Waals surface area contributed by atoms with E-state index < -0.39 is 0 Å². The van der Waals surface area contributed by atoms with E-state index >= 15 is 0 Å². The zero-order chi connectivity index (χ0) is 12.3. The van der Waals surface area contributed by atoms with E-state index in [1.807, 2.05) is 25.1 Å². The first-order chi connectivity index (χ1) is 8.16. The van der Waals surface area contributed by atoms with Gasteiger partial charge in [-0.15, -0.1) is 0 Å². The van der Waals surface area contributed by atoms with Crippen LogP contribution in [0.25, 0.3) is 0 Å². The van der Waals surface area contributed by atoms with Crippen LogP contribution < -0.4 is 4.74 Å². The summed E-state index contributed by atoms with van der Waals surface area (Å²) in [6.07, 6.45) is 5.28. The number of ether oxygens (including phenoxy) is 1. The molecule has 0 aromatic heterocycles. The van der Waals surface area contributed by atoms with Crippen LogP contribution in [0.15, 0.2) is 18.2 Å². The summed E-state index contributed by atoms with van der Waals surface area (Å²) in [6.45, 7) is 4.41. The Hall–Kier alpha value is -1.31. The van der Waals surface area contributed by atoms with E-state index in [-0.39, 0.29) is 5.78 Å². The quantitative estimate of drug-likeness (QED) is 0.739. The van der Waals surface area contributed by atoms with Gasteiger partial charge >= 0.3 is 0 Å². The summed E-state index contributed by atoms with van der Waals surface area (Å²) in [5.41, 5.74) is 1.81. The molecule has 1 saturated carbocycles. The lowest BCUT2D eigenvalue weighted by Gasteiger charge is -2.13. The number of ketones is 1. The van der Waals surface area contributed by atoms with Gasteiger partial charge in [0.05, 0.1) is 6.61 Å². The Labute approximate surface area is 103 Å². The first-order valence-corrected chi connectivity index (χ1v) is 6.41. The van der Waals surface area contributed by atoms with Gasteiger partial charge in [0, 0.05) is 5.56 Å². The standard InChI is InChI=1S/C15H20O2/c1-11-9-14(12(2)16)7-8-15(11)17-10-13-5-3-4-6-13/h7-9,13H,3-6,10H2,1-2H3. The highest BCUT2D eigenvalue weighted by Crippen LogP contribution is 2.27. The van der Waals surface area contributed by atoms with Crippen molar-refractivity contribution < 1.29 is 9.53 Å². The number of Topliss-reactive ketones (excluding diaryl/α,β-unsaturated/α-hetero) is 1. The SMILES string of the molecule is CC(=O)c1ccc(OCC2CCCC2)c(C)c1. The highest BCUT2D eigenvalue weighted by atomic mass is 16.5. The Morgan fingerprint density at radius 1 is 1.35 bits per heavy atom. The monoisotopic (exact) mass is 232 g/mol. The average molecular weight is 232 g/mol. The smallest absolute Gasteiger partial charge is 0.159 e. The fraction of sp³-hybridized carbons (Fsp3) is 0.533. The van der Waals surface area contributed by atoms with Gasteiger partial charge in [0.1, 0.15) is 5.75 Å². The van der Waals surface area contributed by atoms with Crippen LogP contribution in [-0.2, 0) is 0 Å². The highest BCUT2D eigenvalue weighted by Gasteiger charge is 2.16. The molecule has 0 atom stereocenters. The van der Waals surface area contributed by atoms with E-state index in [0.717, 1.165) is 29.4 Å². The summed E-state index contributed by atoms with van der Waals surface area (Å²) in [5.74, 6) is 1.75. The Morgan fingerprint density at radius 3 is 2.65 bits per heavy atom. The second-order valence-electron chi connectivity index (χ2n) is 5.00. The molecule has 92 valence electrons. The van der Waals surface area contributed by atoms with Crippen LogP contribution in [0.1, 0.15) is 48.5 Å². The maximum atomic E-state index is 11.2. The molecule has 1 aliphatic carbocycles. The van der Waals surface area contributed by atoms with Crippen molar-refractivity contribution in [3.05, 3.63) is 29.3 Å². The van der Waals surface area contributed by atoms with Crippen molar-refractivity contribution in [1.82, 2.24) is 0 Å². The Morgan fingerprint density at radius 2 is 2.06 bits per heavy atom. The summed E-state index contributed by atoms with van der Waals surface area (Å²) >= 11 is 0. The number of benzene rings is 1. The molecular weight excluding hydrogens is 212 g/mol. The third-order valence-corrected chi connectivity index (χ3v) is 3.53. The lowest BCUT2D eigenvalue weighted by Crippen LogP contribution is -2.09. The van der Waals surface area contributed by atoms with Gasteiger partial charge in [0.15, 0.2) is 5.78 Å². The molecule has 0 unspecified atom stereocenters. The molecule has 2 heteroatoms. The molecule has 0 N–H and O–H groups in total. The largest absolute Gasteiger partial charge is 0.493 e. The molecule has 0 aliphatic heterocycles. The van der Waals surface area contributed by atoms with Crippen LogP contribution in [0.2, 0.25) is 0 Å². The van der Waals surface area contributed by atoms with Gasteiger partial charge in [-0.25, -0.2) is 0 Å². The fourth-order valence-corrected chi connectivity index (χ4v) is 2.42. The zero-order valence-electron chi connectivity index (χ0n) is 10.7. The van der Waals surface area contributed by atoms with E-state index in [1.54, 1.807) is 6.92 Å². The Balaban J connectivity index is 1.98. The molecule has 1 aromatic rings. The van der Waals surface area contributed by atoms with Crippen LogP contribution >= 0.6 is 0 Å². The summed E-state index contributed by atoms with van der Waals surface area (Å²) in [6, 6.07) is 5.67. The summed E-state index contributed by atoms with van der Waals surface area (Å²) < 4.78 is 5.84. The Kier molecular flexibility index (Phi) is 3.82. The normalized spacial score (nSPS) is 16.1. The van der Waals surface area contributed by atoms with Crippen molar-refractivity contribution in [2.24, 2.45) is 5.92 Å². The van der Waals surface area contributed by atoms with E-state index in [0.29, 0.717) is 0 Å².